The molecule has 1 amide bonds. The number of nitrogens with zero attached hydrogens (tertiary/aromatic N) is 1. The summed E-state index contributed by atoms with van der Waals surface area (Å²) in [6, 6.07) is -0.689. The van der Waals surface area contributed by atoms with Crippen molar-refractivity contribution in [2.75, 3.05) is 13.7 Å². The number of aliphatic hydroxyl groups is 1. The molecular formula is C21H35F2NO4. The third kappa shape index (κ3) is 7.86. The molecule has 0 radical (unpaired) electrons. The summed E-state index contributed by atoms with van der Waals surface area (Å²) >= 11 is 0. The average Bonchev–Trinajstić information content (AvgIpc) is 2.89. The molecule has 0 spiro atoms. The van der Waals surface area contributed by atoms with Gasteiger partial charge in [0, 0.05) is 19.4 Å². The summed E-state index contributed by atoms with van der Waals surface area (Å²) < 4.78 is 32.4. The molecule has 0 aromatic carbocycles. The van der Waals surface area contributed by atoms with E-state index in [-0.39, 0.29) is 18.4 Å². The smallest absolute Gasteiger partial charge is 0.327 e. The summed E-state index contributed by atoms with van der Waals surface area (Å²) in [6.45, 7) is 4.27. The van der Waals surface area contributed by atoms with E-state index in [1.54, 1.807) is 12.2 Å². The van der Waals surface area contributed by atoms with Crippen LogP contribution in [0.2, 0.25) is 0 Å². The van der Waals surface area contributed by atoms with Crippen molar-refractivity contribution in [3.63, 3.8) is 0 Å². The maximum atomic E-state index is 13.9. The van der Waals surface area contributed by atoms with E-state index in [1.165, 1.54) is 12.0 Å². The number of hydrogen-bond acceptors (Lipinski definition) is 4. The second-order valence-electron chi connectivity index (χ2n) is 7.71. The van der Waals surface area contributed by atoms with Crippen LogP contribution >= 0.6 is 0 Å². The van der Waals surface area contributed by atoms with E-state index in [1.807, 2.05) is 6.92 Å². The maximum absolute atomic E-state index is 13.9. The Morgan fingerprint density at radius 1 is 1.32 bits per heavy atom. The van der Waals surface area contributed by atoms with Gasteiger partial charge in [-0.25, -0.2) is 0 Å². The lowest BCUT2D eigenvalue weighted by molar-refractivity contribution is -0.148. The molecule has 0 aromatic rings. The first-order valence-corrected chi connectivity index (χ1v) is 10.3. The van der Waals surface area contributed by atoms with Gasteiger partial charge in [0.15, 0.2) is 0 Å². The Balaban J connectivity index is 2.52. The number of ether oxygens (including phenoxy) is 1. The van der Waals surface area contributed by atoms with Crippen molar-refractivity contribution in [2.24, 2.45) is 5.92 Å². The second-order valence-corrected chi connectivity index (χ2v) is 7.71. The van der Waals surface area contributed by atoms with Gasteiger partial charge in [0.1, 0.15) is 0 Å². The van der Waals surface area contributed by atoms with Gasteiger partial charge in [-0.15, -0.1) is 0 Å². The normalized spacial score (nSPS) is 21.3. The number of methoxy groups -OCH3 is 1. The Hall–Kier alpha value is -1.50. The minimum absolute atomic E-state index is 0.0528. The molecule has 1 heterocycles. The molecule has 1 aliphatic heterocycles. The number of unbranched alkanes of at least 4 members (excludes halogenated alkanes) is 4. The zero-order valence-corrected chi connectivity index (χ0v) is 17.3. The highest BCUT2D eigenvalue weighted by Crippen LogP contribution is 2.34. The molecule has 1 N–H and O–H groups in total. The van der Waals surface area contributed by atoms with Gasteiger partial charge in [0.05, 0.1) is 19.3 Å². The van der Waals surface area contributed by atoms with Crippen LogP contribution in [0.3, 0.4) is 0 Å². The molecule has 1 saturated heterocycles. The van der Waals surface area contributed by atoms with Crippen LogP contribution in [0, 0.1) is 5.92 Å². The van der Waals surface area contributed by atoms with Gasteiger partial charge in [0.2, 0.25) is 0 Å². The third-order valence-corrected chi connectivity index (χ3v) is 5.32. The van der Waals surface area contributed by atoms with Crippen LogP contribution in [-0.2, 0) is 14.3 Å². The summed E-state index contributed by atoms with van der Waals surface area (Å²) in [7, 11) is 1.34. The Morgan fingerprint density at radius 2 is 2.00 bits per heavy atom. The van der Waals surface area contributed by atoms with E-state index in [4.69, 9.17) is 0 Å². The van der Waals surface area contributed by atoms with Gasteiger partial charge in [-0.1, -0.05) is 51.7 Å². The predicted octanol–water partition coefficient (Wildman–Crippen LogP) is 4.09. The summed E-state index contributed by atoms with van der Waals surface area (Å²) in [5.41, 5.74) is 0. The van der Waals surface area contributed by atoms with Gasteiger partial charge in [-0.3, -0.25) is 9.59 Å². The Bertz CT molecular complexity index is 525. The first kappa shape index (κ1) is 24.5. The minimum Gasteiger partial charge on any atom is -0.469 e. The highest BCUT2D eigenvalue weighted by molar-refractivity contribution is 5.86. The molecule has 7 heteroatoms. The lowest BCUT2D eigenvalue weighted by Crippen LogP contribution is -2.36. The van der Waals surface area contributed by atoms with Crippen LogP contribution in [0.4, 0.5) is 8.78 Å². The molecule has 0 bridgehead atoms. The van der Waals surface area contributed by atoms with Crippen molar-refractivity contribution < 1.29 is 28.2 Å². The number of aliphatic hydroxyl groups excluding tert-OH is 1. The molecule has 0 unspecified atom stereocenters. The fraction of sp³-hybridized carbons (Fsp3) is 0.810. The van der Waals surface area contributed by atoms with E-state index < -0.39 is 30.4 Å². The van der Waals surface area contributed by atoms with Crippen molar-refractivity contribution in [1.82, 2.24) is 4.90 Å². The zero-order valence-electron chi connectivity index (χ0n) is 17.3. The Labute approximate surface area is 167 Å². The first-order chi connectivity index (χ1) is 13.2. The fourth-order valence-electron chi connectivity index (χ4n) is 3.40. The standard InChI is InChI=1S/C21H35F2NO4/c1-4-5-10-16(2)18(25)13-12-17-15-21(22,23)20(27)24(17)14-9-7-6-8-11-19(26)28-3/h12-13,16-18,25H,4-11,14-15H2,1-3H3/t16-,17-,18+/m0/s1. The third-order valence-electron chi connectivity index (χ3n) is 5.32. The fourth-order valence-corrected chi connectivity index (χ4v) is 3.40. The predicted molar refractivity (Wildman–Crippen MR) is 104 cm³/mol. The highest BCUT2D eigenvalue weighted by atomic mass is 19.3. The lowest BCUT2D eigenvalue weighted by atomic mass is 9.97. The zero-order chi connectivity index (χ0) is 21.2. The first-order valence-electron chi connectivity index (χ1n) is 10.3. The summed E-state index contributed by atoms with van der Waals surface area (Å²) in [6.07, 6.45) is 7.95. The number of hydrogen-bond donors (Lipinski definition) is 1. The van der Waals surface area contributed by atoms with Gasteiger partial charge >= 0.3 is 11.9 Å². The molecular weight excluding hydrogens is 368 g/mol. The molecule has 0 aromatic heterocycles. The number of rotatable bonds is 13. The number of carbonyl (C=O) groups excluding carboxylic acids is 2. The van der Waals surface area contributed by atoms with Crippen molar-refractivity contribution in [1.29, 1.82) is 0 Å². The summed E-state index contributed by atoms with van der Waals surface area (Å²) in [5, 5.41) is 10.2. The Kier molecular flexibility index (Phi) is 10.6. The molecule has 0 saturated carbocycles. The molecule has 0 aliphatic carbocycles. The van der Waals surface area contributed by atoms with E-state index in [0.29, 0.717) is 19.3 Å². The quantitative estimate of drug-likeness (QED) is 0.286. The highest BCUT2D eigenvalue weighted by Gasteiger charge is 2.52. The van der Waals surface area contributed by atoms with Crippen molar-refractivity contribution >= 4 is 11.9 Å². The van der Waals surface area contributed by atoms with Crippen molar-refractivity contribution in [3.05, 3.63) is 12.2 Å². The van der Waals surface area contributed by atoms with Crippen LogP contribution < -0.4 is 0 Å². The Morgan fingerprint density at radius 3 is 2.64 bits per heavy atom. The van der Waals surface area contributed by atoms with Gasteiger partial charge in [-0.05, 0) is 25.2 Å². The number of amides is 1. The maximum Gasteiger partial charge on any atom is 0.327 e. The molecule has 1 fully saturated rings. The van der Waals surface area contributed by atoms with Crippen LogP contribution in [-0.4, -0.2) is 53.6 Å². The van der Waals surface area contributed by atoms with E-state index in [2.05, 4.69) is 11.7 Å². The lowest BCUT2D eigenvalue weighted by Gasteiger charge is -2.22. The topological polar surface area (TPSA) is 66.8 Å². The number of likely N-dealkylation sites (tertiary alicyclic amines) is 1. The van der Waals surface area contributed by atoms with Gasteiger partial charge in [0.25, 0.3) is 5.91 Å². The minimum atomic E-state index is -3.35. The largest absolute Gasteiger partial charge is 0.469 e. The van der Waals surface area contributed by atoms with Crippen LogP contribution in [0.15, 0.2) is 12.2 Å². The number of esters is 1. The molecule has 28 heavy (non-hydrogen) atoms. The van der Waals surface area contributed by atoms with Crippen molar-refractivity contribution in [3.8, 4) is 0 Å². The van der Waals surface area contributed by atoms with E-state index in [9.17, 15) is 23.5 Å². The van der Waals surface area contributed by atoms with Crippen LogP contribution in [0.1, 0.15) is 71.6 Å². The molecule has 162 valence electrons. The SMILES string of the molecule is CCCC[C@H](C)[C@H](O)C=C[C@H]1CC(F)(F)C(=O)N1CCCCCCC(=O)OC. The summed E-state index contributed by atoms with van der Waals surface area (Å²) in [5.74, 6) is -4.69. The summed E-state index contributed by atoms with van der Waals surface area (Å²) in [4.78, 5) is 24.3. The van der Waals surface area contributed by atoms with Gasteiger partial charge in [-0.2, -0.15) is 8.78 Å². The van der Waals surface area contributed by atoms with E-state index in [0.717, 1.165) is 32.1 Å². The number of alkyl halides is 2. The number of carbonyl (C=O) groups is 2. The monoisotopic (exact) mass is 403 g/mol. The van der Waals surface area contributed by atoms with Crippen LogP contribution in [0.5, 0.6) is 0 Å². The molecule has 1 aliphatic rings. The number of halogens is 2. The van der Waals surface area contributed by atoms with Crippen molar-refractivity contribution in [2.45, 2.75) is 89.7 Å². The van der Waals surface area contributed by atoms with E-state index >= 15 is 0 Å². The molecule has 3 atom stereocenters. The average molecular weight is 404 g/mol. The van der Waals surface area contributed by atoms with Gasteiger partial charge < -0.3 is 14.7 Å². The molecule has 1 rings (SSSR count). The second kappa shape index (κ2) is 12.1. The molecule has 5 nitrogen and oxygen atoms in total. The van der Waals surface area contributed by atoms with Crippen LogP contribution in [0.25, 0.3) is 0 Å².